The summed E-state index contributed by atoms with van der Waals surface area (Å²) in [7, 11) is 0. The predicted molar refractivity (Wildman–Crippen MR) is 86.3 cm³/mol. The lowest BCUT2D eigenvalue weighted by molar-refractivity contribution is -0.135. The number of carbonyl (C=O) groups excluding carboxylic acids is 1. The lowest BCUT2D eigenvalue weighted by atomic mass is 9.95. The molecule has 4 heterocycles. The van der Waals surface area contributed by atoms with Gasteiger partial charge in [-0.05, 0) is 32.6 Å². The van der Waals surface area contributed by atoms with Gasteiger partial charge in [0.15, 0.2) is 0 Å². The van der Waals surface area contributed by atoms with E-state index in [0.29, 0.717) is 11.7 Å². The molecule has 0 unspecified atom stereocenters. The Morgan fingerprint density at radius 3 is 2.65 bits per heavy atom. The van der Waals surface area contributed by atoms with Crippen LogP contribution in [0.1, 0.15) is 31.4 Å². The number of likely N-dealkylation sites (tertiary alicyclic amines) is 1. The molecule has 122 valence electrons. The van der Waals surface area contributed by atoms with Crippen LogP contribution in [-0.4, -0.2) is 56.6 Å². The zero-order valence-electron chi connectivity index (χ0n) is 13.5. The summed E-state index contributed by atoms with van der Waals surface area (Å²) in [5.74, 6) is 2.20. The van der Waals surface area contributed by atoms with Crippen LogP contribution in [0.2, 0.25) is 0 Å². The first-order valence-corrected chi connectivity index (χ1v) is 8.43. The van der Waals surface area contributed by atoms with Gasteiger partial charge in [-0.15, -0.1) is 0 Å². The largest absolute Gasteiger partial charge is 0.356 e. The molecule has 0 radical (unpaired) electrons. The fourth-order valence-corrected chi connectivity index (χ4v) is 3.69. The van der Waals surface area contributed by atoms with Crippen molar-refractivity contribution in [3.8, 4) is 0 Å². The van der Waals surface area contributed by atoms with Crippen LogP contribution in [0.4, 0.5) is 5.82 Å². The number of anilines is 1. The molecule has 4 rings (SSSR count). The van der Waals surface area contributed by atoms with Crippen molar-refractivity contribution in [3.63, 3.8) is 0 Å². The SMILES string of the molecule is Cc1cc(N2CCC(C(=O)N3CCCC3)CC2)n2ncnc2n1. The van der Waals surface area contributed by atoms with Crippen molar-refractivity contribution in [1.29, 1.82) is 0 Å². The second-order valence-corrected chi connectivity index (χ2v) is 6.52. The van der Waals surface area contributed by atoms with Crippen LogP contribution in [0.3, 0.4) is 0 Å². The number of rotatable bonds is 2. The fraction of sp³-hybridized carbons (Fsp3) is 0.625. The summed E-state index contributed by atoms with van der Waals surface area (Å²) >= 11 is 0. The van der Waals surface area contributed by atoms with Crippen LogP contribution in [0.25, 0.3) is 5.78 Å². The molecule has 2 aliphatic heterocycles. The van der Waals surface area contributed by atoms with Gasteiger partial charge < -0.3 is 9.80 Å². The van der Waals surface area contributed by atoms with Gasteiger partial charge in [-0.3, -0.25) is 4.79 Å². The van der Waals surface area contributed by atoms with E-state index in [1.165, 1.54) is 6.33 Å². The summed E-state index contributed by atoms with van der Waals surface area (Å²) in [5, 5.41) is 4.28. The summed E-state index contributed by atoms with van der Waals surface area (Å²) in [6, 6.07) is 2.05. The third kappa shape index (κ3) is 2.64. The molecule has 0 atom stereocenters. The van der Waals surface area contributed by atoms with Crippen molar-refractivity contribution < 1.29 is 4.79 Å². The van der Waals surface area contributed by atoms with E-state index >= 15 is 0 Å². The molecule has 0 aromatic carbocycles. The second kappa shape index (κ2) is 5.79. The highest BCUT2D eigenvalue weighted by Crippen LogP contribution is 2.26. The zero-order chi connectivity index (χ0) is 15.8. The number of carbonyl (C=O) groups is 1. The predicted octanol–water partition coefficient (Wildman–Crippen LogP) is 1.27. The van der Waals surface area contributed by atoms with Gasteiger partial charge in [0, 0.05) is 43.9 Å². The van der Waals surface area contributed by atoms with Crippen LogP contribution in [0.5, 0.6) is 0 Å². The summed E-state index contributed by atoms with van der Waals surface area (Å²) in [4.78, 5) is 25.5. The topological polar surface area (TPSA) is 66.6 Å². The van der Waals surface area contributed by atoms with E-state index in [0.717, 1.165) is 63.4 Å². The Labute approximate surface area is 135 Å². The number of hydrogen-bond donors (Lipinski definition) is 0. The van der Waals surface area contributed by atoms with Crippen LogP contribution in [0.15, 0.2) is 12.4 Å². The third-order valence-corrected chi connectivity index (χ3v) is 4.95. The van der Waals surface area contributed by atoms with Gasteiger partial charge in [-0.2, -0.15) is 14.6 Å². The highest BCUT2D eigenvalue weighted by molar-refractivity contribution is 5.79. The van der Waals surface area contributed by atoms with E-state index in [2.05, 4.69) is 20.0 Å². The number of amides is 1. The lowest BCUT2D eigenvalue weighted by Crippen LogP contribution is -2.42. The highest BCUT2D eigenvalue weighted by Gasteiger charge is 2.30. The maximum Gasteiger partial charge on any atom is 0.254 e. The molecule has 7 heteroatoms. The second-order valence-electron chi connectivity index (χ2n) is 6.52. The van der Waals surface area contributed by atoms with E-state index in [9.17, 15) is 4.79 Å². The Bertz CT molecular complexity index is 712. The first kappa shape index (κ1) is 14.4. The third-order valence-electron chi connectivity index (χ3n) is 4.95. The molecule has 2 saturated heterocycles. The summed E-state index contributed by atoms with van der Waals surface area (Å²) in [6.07, 6.45) is 5.67. The van der Waals surface area contributed by atoms with E-state index in [1.54, 1.807) is 4.52 Å². The molecule has 2 aromatic heterocycles. The molecule has 2 aromatic rings. The maximum atomic E-state index is 12.5. The van der Waals surface area contributed by atoms with Crippen molar-refractivity contribution in [3.05, 3.63) is 18.1 Å². The van der Waals surface area contributed by atoms with Crippen molar-refractivity contribution >= 4 is 17.5 Å². The molecule has 1 amide bonds. The molecule has 0 bridgehead atoms. The summed E-state index contributed by atoms with van der Waals surface area (Å²) < 4.78 is 1.79. The number of nitrogens with zero attached hydrogens (tertiary/aromatic N) is 6. The quantitative estimate of drug-likeness (QED) is 0.835. The van der Waals surface area contributed by atoms with Gasteiger partial charge in [-0.1, -0.05) is 0 Å². The number of piperidine rings is 1. The minimum Gasteiger partial charge on any atom is -0.356 e. The number of aromatic nitrogens is 4. The minimum absolute atomic E-state index is 0.179. The van der Waals surface area contributed by atoms with Crippen molar-refractivity contribution in [2.24, 2.45) is 5.92 Å². The fourth-order valence-electron chi connectivity index (χ4n) is 3.69. The van der Waals surface area contributed by atoms with Gasteiger partial charge in [-0.25, -0.2) is 4.98 Å². The monoisotopic (exact) mass is 314 g/mol. The number of fused-ring (bicyclic) bond motifs is 1. The Morgan fingerprint density at radius 1 is 1.17 bits per heavy atom. The van der Waals surface area contributed by atoms with Gasteiger partial charge in [0.25, 0.3) is 5.78 Å². The standard InChI is InChI=1S/C16H22N6O/c1-12-10-14(22-16(19-12)17-11-18-22)20-8-4-13(5-9-20)15(23)21-6-2-3-7-21/h10-11,13H,2-9H2,1H3. The average Bonchev–Trinajstić information content (AvgIpc) is 3.25. The van der Waals surface area contributed by atoms with Gasteiger partial charge in [0.2, 0.25) is 5.91 Å². The molecular weight excluding hydrogens is 292 g/mol. The van der Waals surface area contributed by atoms with Crippen LogP contribution >= 0.6 is 0 Å². The van der Waals surface area contributed by atoms with Crippen molar-refractivity contribution in [2.75, 3.05) is 31.1 Å². The Kier molecular flexibility index (Phi) is 3.63. The molecule has 7 nitrogen and oxygen atoms in total. The molecule has 0 aliphatic carbocycles. The number of hydrogen-bond acceptors (Lipinski definition) is 5. The lowest BCUT2D eigenvalue weighted by Gasteiger charge is -2.34. The van der Waals surface area contributed by atoms with Crippen LogP contribution < -0.4 is 4.90 Å². The summed E-state index contributed by atoms with van der Waals surface area (Å²) in [5.41, 5.74) is 0.941. The van der Waals surface area contributed by atoms with E-state index in [1.807, 2.05) is 17.9 Å². The molecule has 2 fully saturated rings. The normalized spacial score (nSPS) is 19.7. The molecule has 0 N–H and O–H groups in total. The van der Waals surface area contributed by atoms with E-state index in [4.69, 9.17) is 0 Å². The number of aryl methyl sites for hydroxylation is 1. The smallest absolute Gasteiger partial charge is 0.254 e. The van der Waals surface area contributed by atoms with Gasteiger partial charge in [0.05, 0.1) is 0 Å². The highest BCUT2D eigenvalue weighted by atomic mass is 16.2. The maximum absolute atomic E-state index is 12.5. The summed E-state index contributed by atoms with van der Waals surface area (Å²) in [6.45, 7) is 5.62. The van der Waals surface area contributed by atoms with Gasteiger partial charge in [0.1, 0.15) is 12.1 Å². The average molecular weight is 314 g/mol. The van der Waals surface area contributed by atoms with Crippen LogP contribution in [-0.2, 0) is 4.79 Å². The zero-order valence-corrected chi connectivity index (χ0v) is 13.5. The Balaban J connectivity index is 1.48. The molecular formula is C16H22N6O. The first-order chi connectivity index (χ1) is 11.2. The first-order valence-electron chi connectivity index (χ1n) is 8.43. The van der Waals surface area contributed by atoms with Crippen LogP contribution in [0, 0.1) is 12.8 Å². The minimum atomic E-state index is 0.179. The molecule has 2 aliphatic rings. The molecule has 0 saturated carbocycles. The Morgan fingerprint density at radius 2 is 1.91 bits per heavy atom. The van der Waals surface area contributed by atoms with E-state index in [-0.39, 0.29) is 5.92 Å². The van der Waals surface area contributed by atoms with Crippen molar-refractivity contribution in [2.45, 2.75) is 32.6 Å². The molecule has 0 spiro atoms. The van der Waals surface area contributed by atoms with Gasteiger partial charge >= 0.3 is 0 Å². The Hall–Kier alpha value is -2.18. The van der Waals surface area contributed by atoms with E-state index < -0.39 is 0 Å². The van der Waals surface area contributed by atoms with Crippen molar-refractivity contribution in [1.82, 2.24) is 24.5 Å². The molecule has 23 heavy (non-hydrogen) atoms.